The Morgan fingerprint density at radius 1 is 1.29 bits per heavy atom. The van der Waals surface area contributed by atoms with E-state index in [1.54, 1.807) is 6.33 Å². The van der Waals surface area contributed by atoms with Crippen LogP contribution >= 0.6 is 11.3 Å². The van der Waals surface area contributed by atoms with Crippen LogP contribution in [0.2, 0.25) is 0 Å². The Morgan fingerprint density at radius 3 is 3.04 bits per heavy atom. The summed E-state index contributed by atoms with van der Waals surface area (Å²) in [5.74, 6) is 1.10. The molecule has 7 nitrogen and oxygen atoms in total. The zero-order chi connectivity index (χ0) is 16.1. The summed E-state index contributed by atoms with van der Waals surface area (Å²) in [7, 11) is 0. The molecule has 3 aromatic rings. The van der Waals surface area contributed by atoms with Crippen molar-refractivity contribution in [3.05, 3.63) is 28.2 Å². The first-order chi connectivity index (χ1) is 11.8. The van der Waals surface area contributed by atoms with Crippen LogP contribution in [-0.4, -0.2) is 39.6 Å². The van der Waals surface area contributed by atoms with Crippen molar-refractivity contribution in [1.29, 1.82) is 0 Å². The maximum absolute atomic E-state index is 6.27. The number of nitrogens with one attached hydrogen (secondary N) is 1. The van der Waals surface area contributed by atoms with Crippen LogP contribution in [0.4, 0.5) is 11.8 Å². The first kappa shape index (κ1) is 14.2. The highest BCUT2D eigenvalue weighted by molar-refractivity contribution is 7.10. The maximum Gasteiger partial charge on any atom is 0.224 e. The summed E-state index contributed by atoms with van der Waals surface area (Å²) in [5.41, 5.74) is 8.58. The highest BCUT2D eigenvalue weighted by Gasteiger charge is 2.41. The van der Waals surface area contributed by atoms with Gasteiger partial charge in [0.1, 0.15) is 5.52 Å². The van der Waals surface area contributed by atoms with E-state index in [4.69, 9.17) is 10.5 Å². The number of aromatic nitrogens is 4. The number of nitrogens with zero attached hydrogens (tertiary/aromatic N) is 4. The van der Waals surface area contributed by atoms with Crippen molar-refractivity contribution in [1.82, 2.24) is 19.9 Å². The van der Waals surface area contributed by atoms with Crippen LogP contribution in [0.3, 0.4) is 0 Å². The molecule has 1 fully saturated rings. The minimum Gasteiger partial charge on any atom is -0.370 e. The van der Waals surface area contributed by atoms with Crippen LogP contribution in [0, 0.1) is 0 Å². The van der Waals surface area contributed by atoms with Gasteiger partial charge in [0.25, 0.3) is 0 Å². The van der Waals surface area contributed by atoms with Gasteiger partial charge in [0.15, 0.2) is 11.5 Å². The van der Waals surface area contributed by atoms with E-state index in [-0.39, 0.29) is 11.5 Å². The van der Waals surface area contributed by atoms with Gasteiger partial charge in [-0.15, -0.1) is 11.3 Å². The van der Waals surface area contributed by atoms with Gasteiger partial charge in [0.05, 0.1) is 18.5 Å². The molecule has 0 atom stereocenters. The van der Waals surface area contributed by atoms with E-state index in [1.807, 2.05) is 11.3 Å². The van der Waals surface area contributed by atoms with Gasteiger partial charge >= 0.3 is 0 Å². The maximum atomic E-state index is 6.27. The summed E-state index contributed by atoms with van der Waals surface area (Å²) < 4.78 is 6.27. The Kier molecular flexibility index (Phi) is 3.04. The quantitative estimate of drug-likeness (QED) is 0.703. The Morgan fingerprint density at radius 2 is 2.17 bits per heavy atom. The fraction of sp³-hybridized carbons (Fsp3) is 0.438. The topological polar surface area (TPSA) is 92.9 Å². The molecule has 3 aromatic heterocycles. The van der Waals surface area contributed by atoms with Gasteiger partial charge in [-0.25, -0.2) is 4.98 Å². The number of thiophene rings is 1. The molecular formula is C16H18N6OS. The Hall–Kier alpha value is -2.19. The van der Waals surface area contributed by atoms with E-state index in [0.717, 1.165) is 50.3 Å². The molecular weight excluding hydrogens is 324 g/mol. The number of aromatic amines is 1. The van der Waals surface area contributed by atoms with E-state index >= 15 is 0 Å². The minimum atomic E-state index is -0.129. The lowest BCUT2D eigenvalue weighted by molar-refractivity contribution is -0.0757. The van der Waals surface area contributed by atoms with Crippen LogP contribution < -0.4 is 10.6 Å². The fourth-order valence-corrected chi connectivity index (χ4v) is 4.86. The normalized spacial score (nSPS) is 19.8. The standard InChI is InChI=1S/C16H18N6OS/c17-15-20-13-12(18-9-19-13)14(21-15)22-5-3-16(4-6-22)10-2-8-24-11(10)1-7-23-16/h2,8-9H,1,3-7H2,(H3,17,18,19,20,21). The molecule has 0 aliphatic carbocycles. The molecule has 0 radical (unpaired) electrons. The predicted molar refractivity (Wildman–Crippen MR) is 93.2 cm³/mol. The predicted octanol–water partition coefficient (Wildman–Crippen LogP) is 2.06. The van der Waals surface area contributed by atoms with Crippen molar-refractivity contribution in [2.45, 2.75) is 24.9 Å². The second-order valence-corrected chi connectivity index (χ2v) is 7.34. The first-order valence-electron chi connectivity index (χ1n) is 8.17. The molecule has 24 heavy (non-hydrogen) atoms. The van der Waals surface area contributed by atoms with Crippen molar-refractivity contribution in [2.75, 3.05) is 30.3 Å². The number of hydrogen-bond donors (Lipinski definition) is 2. The molecule has 0 amide bonds. The molecule has 124 valence electrons. The van der Waals surface area contributed by atoms with Gasteiger partial charge in [-0.05, 0) is 29.9 Å². The summed E-state index contributed by atoms with van der Waals surface area (Å²) in [6.45, 7) is 2.57. The van der Waals surface area contributed by atoms with Crippen molar-refractivity contribution in [2.24, 2.45) is 0 Å². The summed E-state index contributed by atoms with van der Waals surface area (Å²) in [5, 5.41) is 2.19. The molecule has 0 bridgehead atoms. The monoisotopic (exact) mass is 342 g/mol. The lowest BCUT2D eigenvalue weighted by atomic mass is 9.82. The number of hydrogen-bond acceptors (Lipinski definition) is 7. The van der Waals surface area contributed by atoms with Crippen molar-refractivity contribution in [3.63, 3.8) is 0 Å². The third kappa shape index (κ3) is 2.03. The van der Waals surface area contributed by atoms with Crippen LogP contribution in [0.15, 0.2) is 17.8 Å². The van der Waals surface area contributed by atoms with Gasteiger partial charge in [-0.2, -0.15) is 9.97 Å². The molecule has 0 aromatic carbocycles. The Labute approximate surface area is 142 Å². The second-order valence-electron chi connectivity index (χ2n) is 6.34. The molecule has 5 rings (SSSR count). The smallest absolute Gasteiger partial charge is 0.224 e. The summed E-state index contributed by atoms with van der Waals surface area (Å²) >= 11 is 1.85. The van der Waals surface area contributed by atoms with Crippen LogP contribution in [0.25, 0.3) is 11.2 Å². The van der Waals surface area contributed by atoms with Crippen molar-refractivity contribution >= 4 is 34.3 Å². The molecule has 1 saturated heterocycles. The van der Waals surface area contributed by atoms with Crippen LogP contribution in [-0.2, 0) is 16.8 Å². The third-order valence-corrected chi connectivity index (χ3v) is 6.08. The number of nitrogens with two attached hydrogens (primary N) is 1. The van der Waals surface area contributed by atoms with Gasteiger partial charge in [0.2, 0.25) is 5.95 Å². The van der Waals surface area contributed by atoms with E-state index in [9.17, 15) is 0 Å². The summed E-state index contributed by atoms with van der Waals surface area (Å²) in [4.78, 5) is 19.7. The van der Waals surface area contributed by atoms with E-state index in [0.29, 0.717) is 5.65 Å². The third-order valence-electron chi connectivity index (χ3n) is 5.10. The number of ether oxygens (including phenoxy) is 1. The Balaban J connectivity index is 1.46. The molecule has 0 saturated carbocycles. The van der Waals surface area contributed by atoms with Gasteiger partial charge in [-0.3, -0.25) is 0 Å². The number of imidazole rings is 1. The molecule has 3 N–H and O–H groups in total. The summed E-state index contributed by atoms with van der Waals surface area (Å²) in [6, 6.07) is 2.24. The van der Waals surface area contributed by atoms with Gasteiger partial charge < -0.3 is 20.4 Å². The average molecular weight is 342 g/mol. The fourth-order valence-electron chi connectivity index (χ4n) is 3.91. The lowest BCUT2D eigenvalue weighted by Crippen LogP contribution is -2.46. The number of nitrogen functional groups attached to an aromatic ring is 1. The number of fused-ring (bicyclic) bond motifs is 3. The average Bonchev–Trinajstić information content (AvgIpc) is 3.24. The Bertz CT molecular complexity index is 895. The molecule has 1 spiro atoms. The van der Waals surface area contributed by atoms with E-state index in [1.165, 1.54) is 10.4 Å². The SMILES string of the molecule is Nc1nc(N2CCC3(CC2)OCCc2sccc23)c2[nH]cnc2n1. The second kappa shape index (κ2) is 5.15. The minimum absolute atomic E-state index is 0.129. The largest absolute Gasteiger partial charge is 0.370 e. The van der Waals surface area contributed by atoms with Crippen molar-refractivity contribution < 1.29 is 4.74 Å². The highest BCUT2D eigenvalue weighted by atomic mass is 32.1. The molecule has 8 heteroatoms. The summed E-state index contributed by atoms with van der Waals surface area (Å²) in [6.07, 6.45) is 4.58. The van der Waals surface area contributed by atoms with E-state index in [2.05, 4.69) is 36.3 Å². The zero-order valence-electron chi connectivity index (χ0n) is 13.2. The first-order valence-corrected chi connectivity index (χ1v) is 9.05. The van der Waals surface area contributed by atoms with E-state index < -0.39 is 0 Å². The molecule has 2 aliphatic rings. The van der Waals surface area contributed by atoms with Crippen LogP contribution in [0.1, 0.15) is 23.3 Å². The van der Waals surface area contributed by atoms with Gasteiger partial charge in [-0.1, -0.05) is 0 Å². The zero-order valence-corrected chi connectivity index (χ0v) is 14.0. The number of H-pyrrole nitrogens is 1. The van der Waals surface area contributed by atoms with Gasteiger partial charge in [0, 0.05) is 24.4 Å². The number of anilines is 2. The number of rotatable bonds is 1. The highest BCUT2D eigenvalue weighted by Crippen LogP contribution is 2.44. The molecule has 2 aliphatic heterocycles. The molecule has 5 heterocycles. The van der Waals surface area contributed by atoms with Crippen molar-refractivity contribution in [3.8, 4) is 0 Å². The molecule has 0 unspecified atom stereocenters. The lowest BCUT2D eigenvalue weighted by Gasteiger charge is -2.44. The number of piperidine rings is 1. The van der Waals surface area contributed by atoms with Crippen LogP contribution in [0.5, 0.6) is 0 Å².